The predicted molar refractivity (Wildman–Crippen MR) is 114 cm³/mol. The zero-order valence-corrected chi connectivity index (χ0v) is 16.2. The molecule has 4 aromatic rings. The summed E-state index contributed by atoms with van der Waals surface area (Å²) < 4.78 is 2.10. The lowest BCUT2D eigenvalue weighted by atomic mass is 10.1. The molecule has 28 heavy (non-hydrogen) atoms. The Morgan fingerprint density at radius 3 is 2.25 bits per heavy atom. The van der Waals surface area contributed by atoms with Crippen molar-refractivity contribution in [2.24, 2.45) is 0 Å². The summed E-state index contributed by atoms with van der Waals surface area (Å²) in [5, 5.41) is 3.35. The van der Waals surface area contributed by atoms with E-state index in [1.807, 2.05) is 49.6 Å². The van der Waals surface area contributed by atoms with Gasteiger partial charge in [0.05, 0.1) is 6.33 Å². The Hall–Kier alpha value is -3.41. The van der Waals surface area contributed by atoms with E-state index in [9.17, 15) is 0 Å². The normalized spacial score (nSPS) is 10.9. The molecule has 2 aromatic heterocycles. The minimum Gasteiger partial charge on any atom is -0.361 e. The van der Waals surface area contributed by atoms with E-state index in [4.69, 9.17) is 4.98 Å². The summed E-state index contributed by atoms with van der Waals surface area (Å²) in [5.41, 5.74) is 4.16. The second-order valence-corrected chi connectivity index (χ2v) is 6.95. The summed E-state index contributed by atoms with van der Waals surface area (Å²) in [6.45, 7) is 1.50. The van der Waals surface area contributed by atoms with Gasteiger partial charge in [0.2, 0.25) is 5.95 Å². The summed E-state index contributed by atoms with van der Waals surface area (Å²) in [5.74, 6) is 1.43. The van der Waals surface area contributed by atoms with Crippen molar-refractivity contribution in [2.75, 3.05) is 24.3 Å². The Balaban J connectivity index is 1.61. The first-order valence-corrected chi connectivity index (χ1v) is 9.42. The van der Waals surface area contributed by atoms with Gasteiger partial charge >= 0.3 is 0 Å². The maximum atomic E-state index is 4.76. The van der Waals surface area contributed by atoms with E-state index < -0.39 is 0 Å². The van der Waals surface area contributed by atoms with Crippen molar-refractivity contribution in [3.8, 4) is 0 Å². The van der Waals surface area contributed by atoms with Gasteiger partial charge in [0.1, 0.15) is 0 Å². The maximum Gasteiger partial charge on any atom is 0.227 e. The molecular weight excluding hydrogens is 348 g/mol. The average molecular weight is 372 g/mol. The van der Waals surface area contributed by atoms with Crippen LogP contribution in [0.5, 0.6) is 0 Å². The first-order chi connectivity index (χ1) is 13.7. The van der Waals surface area contributed by atoms with Crippen LogP contribution in [0.3, 0.4) is 0 Å². The van der Waals surface area contributed by atoms with Gasteiger partial charge in [-0.05, 0) is 17.5 Å². The molecule has 4 rings (SSSR count). The molecule has 142 valence electrons. The van der Waals surface area contributed by atoms with Crippen LogP contribution in [0.4, 0.5) is 11.8 Å². The number of benzene rings is 2. The van der Waals surface area contributed by atoms with E-state index in [-0.39, 0.29) is 0 Å². The highest BCUT2D eigenvalue weighted by molar-refractivity contribution is 5.84. The summed E-state index contributed by atoms with van der Waals surface area (Å²) >= 11 is 0. The zero-order valence-electron chi connectivity index (χ0n) is 16.2. The van der Waals surface area contributed by atoms with Crippen LogP contribution in [0.15, 0.2) is 67.0 Å². The molecule has 6 nitrogen and oxygen atoms in total. The van der Waals surface area contributed by atoms with E-state index in [0.29, 0.717) is 12.5 Å². The molecule has 0 aliphatic carbocycles. The average Bonchev–Trinajstić information content (AvgIpc) is 3.14. The Labute approximate surface area is 164 Å². The van der Waals surface area contributed by atoms with Gasteiger partial charge in [-0.3, -0.25) is 0 Å². The number of anilines is 2. The smallest absolute Gasteiger partial charge is 0.227 e. The highest BCUT2D eigenvalue weighted by Crippen LogP contribution is 2.23. The highest BCUT2D eigenvalue weighted by Gasteiger charge is 2.14. The van der Waals surface area contributed by atoms with Gasteiger partial charge in [-0.1, -0.05) is 60.7 Å². The second-order valence-electron chi connectivity index (χ2n) is 6.95. The van der Waals surface area contributed by atoms with Crippen molar-refractivity contribution < 1.29 is 0 Å². The minimum atomic E-state index is 0.613. The van der Waals surface area contributed by atoms with Crippen molar-refractivity contribution >= 4 is 22.9 Å². The number of hydrogen-bond donors (Lipinski definition) is 1. The molecule has 2 heterocycles. The third kappa shape index (κ3) is 3.96. The number of aromatic nitrogens is 4. The van der Waals surface area contributed by atoms with Gasteiger partial charge in [0, 0.05) is 27.2 Å². The summed E-state index contributed by atoms with van der Waals surface area (Å²) in [6, 6.07) is 20.7. The summed E-state index contributed by atoms with van der Waals surface area (Å²) in [4.78, 5) is 16.0. The lowest BCUT2D eigenvalue weighted by Gasteiger charge is -2.14. The molecule has 0 spiro atoms. The standard InChI is InChI=1S/C22H24N6/c1-27(2)20-19-21(26-22(25-20)23-15-18-11-7-4-8-12-18)28(16-24-19)14-13-17-9-5-3-6-10-17/h3-12,16H,13-15H2,1-2H3,(H,23,25,26). The van der Waals surface area contributed by atoms with Crippen LogP contribution < -0.4 is 10.2 Å². The minimum absolute atomic E-state index is 0.613. The second kappa shape index (κ2) is 8.08. The molecule has 2 aromatic carbocycles. The molecular formula is C22H24N6. The molecule has 0 unspecified atom stereocenters. The van der Waals surface area contributed by atoms with Crippen LogP contribution in [0.1, 0.15) is 11.1 Å². The van der Waals surface area contributed by atoms with Crippen LogP contribution in [0.25, 0.3) is 11.2 Å². The fraction of sp³-hybridized carbons (Fsp3) is 0.227. The Kier molecular flexibility index (Phi) is 5.19. The zero-order chi connectivity index (χ0) is 19.3. The molecule has 0 saturated carbocycles. The van der Waals surface area contributed by atoms with Crippen molar-refractivity contribution in [3.63, 3.8) is 0 Å². The van der Waals surface area contributed by atoms with Crippen LogP contribution >= 0.6 is 0 Å². The highest BCUT2D eigenvalue weighted by atomic mass is 15.2. The predicted octanol–water partition coefficient (Wildman–Crippen LogP) is 3.75. The Bertz CT molecular complexity index is 1040. The van der Waals surface area contributed by atoms with Crippen LogP contribution in [-0.2, 0) is 19.5 Å². The van der Waals surface area contributed by atoms with Crippen molar-refractivity contribution in [1.29, 1.82) is 0 Å². The number of hydrogen-bond acceptors (Lipinski definition) is 5. The molecule has 0 amide bonds. The SMILES string of the molecule is CN(C)c1nc(NCc2ccccc2)nc2c1ncn2CCc1ccccc1. The van der Waals surface area contributed by atoms with E-state index in [1.165, 1.54) is 11.1 Å². The van der Waals surface area contributed by atoms with Gasteiger partial charge in [-0.2, -0.15) is 9.97 Å². The van der Waals surface area contributed by atoms with Crippen molar-refractivity contribution in [2.45, 2.75) is 19.5 Å². The van der Waals surface area contributed by atoms with Crippen LogP contribution in [-0.4, -0.2) is 33.6 Å². The lowest BCUT2D eigenvalue weighted by Crippen LogP contribution is -2.14. The Morgan fingerprint density at radius 1 is 0.893 bits per heavy atom. The van der Waals surface area contributed by atoms with E-state index in [1.54, 1.807) is 0 Å². The maximum absolute atomic E-state index is 4.76. The summed E-state index contributed by atoms with van der Waals surface area (Å²) in [7, 11) is 3.96. The van der Waals surface area contributed by atoms with Gasteiger partial charge < -0.3 is 14.8 Å². The molecule has 0 fully saturated rings. The van der Waals surface area contributed by atoms with E-state index in [0.717, 1.165) is 29.9 Å². The van der Waals surface area contributed by atoms with Crippen molar-refractivity contribution in [1.82, 2.24) is 19.5 Å². The molecule has 0 saturated heterocycles. The van der Waals surface area contributed by atoms with E-state index >= 15 is 0 Å². The molecule has 6 heteroatoms. The number of rotatable bonds is 7. The molecule has 0 atom stereocenters. The van der Waals surface area contributed by atoms with Crippen LogP contribution in [0.2, 0.25) is 0 Å². The third-order valence-electron chi connectivity index (χ3n) is 4.65. The van der Waals surface area contributed by atoms with Gasteiger partial charge in [0.25, 0.3) is 0 Å². The van der Waals surface area contributed by atoms with E-state index in [2.05, 4.69) is 56.3 Å². The summed E-state index contributed by atoms with van der Waals surface area (Å²) in [6.07, 6.45) is 2.79. The quantitative estimate of drug-likeness (QED) is 0.535. The number of nitrogens with zero attached hydrogens (tertiary/aromatic N) is 5. The van der Waals surface area contributed by atoms with Crippen LogP contribution in [0, 0.1) is 0 Å². The number of fused-ring (bicyclic) bond motifs is 1. The number of nitrogens with one attached hydrogen (secondary N) is 1. The Morgan fingerprint density at radius 2 is 1.57 bits per heavy atom. The molecule has 0 bridgehead atoms. The van der Waals surface area contributed by atoms with Gasteiger partial charge in [-0.25, -0.2) is 4.98 Å². The number of aryl methyl sites for hydroxylation is 2. The van der Waals surface area contributed by atoms with Crippen molar-refractivity contribution in [3.05, 3.63) is 78.1 Å². The van der Waals surface area contributed by atoms with Gasteiger partial charge in [0.15, 0.2) is 17.0 Å². The first kappa shape index (κ1) is 18.0. The monoisotopic (exact) mass is 372 g/mol. The largest absolute Gasteiger partial charge is 0.361 e. The molecule has 1 N–H and O–H groups in total. The third-order valence-corrected chi connectivity index (χ3v) is 4.65. The topological polar surface area (TPSA) is 58.9 Å². The fourth-order valence-corrected chi connectivity index (χ4v) is 3.16. The molecule has 0 aliphatic rings. The first-order valence-electron chi connectivity index (χ1n) is 9.42. The fourth-order valence-electron chi connectivity index (χ4n) is 3.16. The molecule has 0 radical (unpaired) electrons. The number of imidazole rings is 1. The molecule has 0 aliphatic heterocycles. The lowest BCUT2D eigenvalue weighted by molar-refractivity contribution is 0.709. The van der Waals surface area contributed by atoms with Gasteiger partial charge in [-0.15, -0.1) is 0 Å².